The Bertz CT molecular complexity index is 546. The molecule has 0 saturated heterocycles. The molecule has 2 heterocycles. The van der Waals surface area contributed by atoms with Gasteiger partial charge < -0.3 is 10.3 Å². The second-order valence-electron chi connectivity index (χ2n) is 3.85. The van der Waals surface area contributed by atoms with Crippen molar-refractivity contribution in [3.63, 3.8) is 0 Å². The molecular weight excluding hydrogens is 316 g/mol. The van der Waals surface area contributed by atoms with Crippen molar-refractivity contribution in [1.29, 1.82) is 0 Å². The van der Waals surface area contributed by atoms with E-state index < -0.39 is 0 Å². The van der Waals surface area contributed by atoms with E-state index in [1.54, 1.807) is 24.0 Å². The Hall–Kier alpha value is -1.08. The van der Waals surface area contributed by atoms with E-state index >= 15 is 0 Å². The summed E-state index contributed by atoms with van der Waals surface area (Å²) in [6, 6.07) is 1.72. The van der Waals surface area contributed by atoms with Crippen LogP contribution < -0.4 is 5.73 Å². The van der Waals surface area contributed by atoms with Crippen LogP contribution in [0.2, 0.25) is 0 Å². The van der Waals surface area contributed by atoms with Crippen LogP contribution >= 0.6 is 27.7 Å². The van der Waals surface area contributed by atoms with Gasteiger partial charge in [0.15, 0.2) is 0 Å². The first-order valence-corrected chi connectivity index (χ1v) is 7.45. The molecule has 0 fully saturated rings. The molecule has 2 aromatic rings. The zero-order chi connectivity index (χ0) is 13.1. The molecule has 0 radical (unpaired) electrons. The van der Waals surface area contributed by atoms with Crippen molar-refractivity contribution >= 4 is 33.5 Å². The number of pyridine rings is 1. The van der Waals surface area contributed by atoms with E-state index in [0.29, 0.717) is 22.8 Å². The van der Waals surface area contributed by atoms with Crippen LogP contribution in [0.5, 0.6) is 0 Å². The maximum absolute atomic E-state index is 5.65. The molecule has 18 heavy (non-hydrogen) atoms. The van der Waals surface area contributed by atoms with Gasteiger partial charge in [-0.15, -0.1) is 0 Å². The maximum atomic E-state index is 5.65. The summed E-state index contributed by atoms with van der Waals surface area (Å²) < 4.78 is 6.02. The highest BCUT2D eigenvalue weighted by molar-refractivity contribution is 9.10. The van der Waals surface area contributed by atoms with Crippen molar-refractivity contribution in [3.8, 4) is 11.4 Å². The Kier molecular flexibility index (Phi) is 4.23. The highest BCUT2D eigenvalue weighted by Crippen LogP contribution is 2.27. The van der Waals surface area contributed by atoms with Crippen molar-refractivity contribution in [2.24, 2.45) is 0 Å². The van der Waals surface area contributed by atoms with E-state index in [-0.39, 0.29) is 0 Å². The molecule has 1 atom stereocenters. The van der Waals surface area contributed by atoms with Gasteiger partial charge in [-0.1, -0.05) is 12.1 Å². The minimum absolute atomic E-state index is 0.428. The average Bonchev–Trinajstić information content (AvgIpc) is 2.80. The molecule has 0 aliphatic carbocycles. The number of nitrogens with two attached hydrogens (primary N) is 1. The lowest BCUT2D eigenvalue weighted by atomic mass is 10.2. The predicted molar refractivity (Wildman–Crippen MR) is 76.3 cm³/mol. The van der Waals surface area contributed by atoms with Crippen LogP contribution in [0, 0.1) is 0 Å². The van der Waals surface area contributed by atoms with E-state index in [1.807, 2.05) is 0 Å². The standard InChI is InChI=1S/C11H13BrN4OS/c1-6(18-2)3-10-15-11(16-17-10)7-4-9(13)14-5-8(7)12/h4-6H,3H2,1-2H3,(H2,13,14). The molecule has 2 rings (SSSR count). The van der Waals surface area contributed by atoms with Crippen molar-refractivity contribution < 1.29 is 4.52 Å². The van der Waals surface area contributed by atoms with Gasteiger partial charge in [-0.3, -0.25) is 0 Å². The molecule has 0 bridgehead atoms. The van der Waals surface area contributed by atoms with Gasteiger partial charge in [0, 0.05) is 27.9 Å². The molecule has 2 N–H and O–H groups in total. The molecular formula is C11H13BrN4OS. The van der Waals surface area contributed by atoms with Crippen molar-refractivity contribution in [3.05, 3.63) is 22.6 Å². The molecule has 0 aliphatic rings. The molecule has 2 aromatic heterocycles. The van der Waals surface area contributed by atoms with Crippen LogP contribution in [0.15, 0.2) is 21.3 Å². The number of nitrogen functional groups attached to an aromatic ring is 1. The van der Waals surface area contributed by atoms with Crippen LogP contribution in [-0.4, -0.2) is 26.6 Å². The van der Waals surface area contributed by atoms with Crippen molar-refractivity contribution in [1.82, 2.24) is 15.1 Å². The van der Waals surface area contributed by atoms with E-state index in [4.69, 9.17) is 10.3 Å². The normalized spacial score (nSPS) is 12.6. The lowest BCUT2D eigenvalue weighted by Gasteiger charge is -2.02. The minimum atomic E-state index is 0.428. The Morgan fingerprint density at radius 3 is 3.06 bits per heavy atom. The summed E-state index contributed by atoms with van der Waals surface area (Å²) in [6.45, 7) is 2.12. The monoisotopic (exact) mass is 328 g/mol. The second-order valence-corrected chi connectivity index (χ2v) is 5.98. The highest BCUT2D eigenvalue weighted by Gasteiger charge is 2.14. The summed E-state index contributed by atoms with van der Waals surface area (Å²) >= 11 is 5.16. The van der Waals surface area contributed by atoms with Gasteiger partial charge in [0.1, 0.15) is 5.82 Å². The fourth-order valence-electron chi connectivity index (χ4n) is 1.40. The number of anilines is 1. The summed E-state index contributed by atoms with van der Waals surface area (Å²) in [4.78, 5) is 8.34. The largest absolute Gasteiger partial charge is 0.384 e. The van der Waals surface area contributed by atoms with Gasteiger partial charge in [-0.05, 0) is 28.3 Å². The van der Waals surface area contributed by atoms with Crippen LogP contribution in [0.4, 0.5) is 5.82 Å². The van der Waals surface area contributed by atoms with Crippen LogP contribution in [0.3, 0.4) is 0 Å². The first-order valence-electron chi connectivity index (χ1n) is 5.37. The molecule has 0 amide bonds. The van der Waals surface area contributed by atoms with Gasteiger partial charge in [0.2, 0.25) is 11.7 Å². The fraction of sp³-hybridized carbons (Fsp3) is 0.364. The molecule has 0 aromatic carbocycles. The quantitative estimate of drug-likeness (QED) is 0.929. The third-order valence-electron chi connectivity index (χ3n) is 2.45. The van der Waals surface area contributed by atoms with Gasteiger partial charge in [-0.25, -0.2) is 4.98 Å². The summed E-state index contributed by atoms with van der Waals surface area (Å²) in [5.74, 6) is 1.59. The molecule has 7 heteroatoms. The Morgan fingerprint density at radius 1 is 1.56 bits per heavy atom. The molecule has 96 valence electrons. The first kappa shape index (κ1) is 13.4. The Morgan fingerprint density at radius 2 is 2.33 bits per heavy atom. The van der Waals surface area contributed by atoms with Gasteiger partial charge in [0.05, 0.1) is 0 Å². The molecule has 1 unspecified atom stereocenters. The number of halogens is 1. The number of hydrogen-bond donors (Lipinski definition) is 1. The summed E-state index contributed by atoms with van der Waals surface area (Å²) in [5.41, 5.74) is 6.44. The zero-order valence-electron chi connectivity index (χ0n) is 10.1. The van der Waals surface area contributed by atoms with Crippen LogP contribution in [0.1, 0.15) is 12.8 Å². The smallest absolute Gasteiger partial charge is 0.228 e. The zero-order valence-corrected chi connectivity index (χ0v) is 12.5. The van der Waals surface area contributed by atoms with E-state index in [1.165, 1.54) is 0 Å². The SMILES string of the molecule is CSC(C)Cc1nc(-c2cc(N)ncc2Br)no1. The number of hydrogen-bond acceptors (Lipinski definition) is 6. The first-order chi connectivity index (χ1) is 8.60. The number of aromatic nitrogens is 3. The average molecular weight is 329 g/mol. The van der Waals surface area contributed by atoms with Gasteiger partial charge in [-0.2, -0.15) is 16.7 Å². The Balaban J connectivity index is 2.26. The third-order valence-corrected chi connectivity index (χ3v) is 4.05. The number of rotatable bonds is 4. The Labute approximate surface area is 118 Å². The summed E-state index contributed by atoms with van der Waals surface area (Å²) in [6.07, 6.45) is 4.44. The van der Waals surface area contributed by atoms with E-state index in [0.717, 1.165) is 16.5 Å². The maximum Gasteiger partial charge on any atom is 0.228 e. The highest BCUT2D eigenvalue weighted by atomic mass is 79.9. The topological polar surface area (TPSA) is 77.8 Å². The second kappa shape index (κ2) is 5.71. The third kappa shape index (κ3) is 3.02. The van der Waals surface area contributed by atoms with Gasteiger partial charge >= 0.3 is 0 Å². The fourth-order valence-corrected chi connectivity index (χ4v) is 2.11. The number of nitrogens with zero attached hydrogens (tertiary/aromatic N) is 3. The van der Waals surface area contributed by atoms with E-state index in [2.05, 4.69) is 44.2 Å². The number of thioether (sulfide) groups is 1. The van der Waals surface area contributed by atoms with Crippen LogP contribution in [0.25, 0.3) is 11.4 Å². The molecule has 0 saturated carbocycles. The lowest BCUT2D eigenvalue weighted by molar-refractivity contribution is 0.379. The molecule has 5 nitrogen and oxygen atoms in total. The molecule has 0 spiro atoms. The minimum Gasteiger partial charge on any atom is -0.384 e. The van der Waals surface area contributed by atoms with Crippen molar-refractivity contribution in [2.75, 3.05) is 12.0 Å². The van der Waals surface area contributed by atoms with Gasteiger partial charge in [0.25, 0.3) is 0 Å². The van der Waals surface area contributed by atoms with E-state index in [9.17, 15) is 0 Å². The van der Waals surface area contributed by atoms with Crippen molar-refractivity contribution in [2.45, 2.75) is 18.6 Å². The summed E-state index contributed by atoms with van der Waals surface area (Å²) in [7, 11) is 0. The molecule has 0 aliphatic heterocycles. The predicted octanol–water partition coefficient (Wildman–Crippen LogP) is 2.77. The lowest BCUT2D eigenvalue weighted by Crippen LogP contribution is -2.00. The van der Waals surface area contributed by atoms with Crippen LogP contribution in [-0.2, 0) is 6.42 Å². The summed E-state index contributed by atoms with van der Waals surface area (Å²) in [5, 5.41) is 4.42.